The van der Waals surface area contributed by atoms with Crippen LogP contribution in [0.3, 0.4) is 0 Å². The molecule has 0 aromatic rings. The summed E-state index contributed by atoms with van der Waals surface area (Å²) in [6.07, 6.45) is 15.8. The van der Waals surface area contributed by atoms with Crippen LogP contribution in [0.15, 0.2) is 0 Å². The van der Waals surface area contributed by atoms with Crippen LogP contribution in [0.5, 0.6) is 0 Å². The summed E-state index contributed by atoms with van der Waals surface area (Å²) in [5.74, 6) is 1.53. The molecule has 9 unspecified atom stereocenters. The molecule has 3 aliphatic carbocycles. The standard InChI is InChI=1S/C20H30O6.C7H12O.CH2O2/c21-19(23-11-13-5-7-15-17(9-13)25-15)3-1-2-4-20(22)24-12-14-6-8-16-18(10-14)26-16;1-5-2-3-6-7(4-5)8-6;2-1-3/h13-18H,1-12H2;5-7H,2-4H2,1H3;1H,(H,2,3). The molecule has 0 spiro atoms. The Balaban J connectivity index is 0.000000240. The van der Waals surface area contributed by atoms with Crippen molar-refractivity contribution in [3.8, 4) is 0 Å². The second-order valence-electron chi connectivity index (χ2n) is 11.6. The van der Waals surface area contributed by atoms with Gasteiger partial charge in [-0.15, -0.1) is 0 Å². The molecule has 3 saturated heterocycles. The van der Waals surface area contributed by atoms with Crippen molar-refractivity contribution in [2.45, 2.75) is 127 Å². The van der Waals surface area contributed by atoms with Gasteiger partial charge in [-0.3, -0.25) is 14.4 Å². The van der Waals surface area contributed by atoms with Gasteiger partial charge in [-0.2, -0.15) is 0 Å². The van der Waals surface area contributed by atoms with Gasteiger partial charge >= 0.3 is 11.9 Å². The molecule has 0 aromatic carbocycles. The number of rotatable bonds is 9. The van der Waals surface area contributed by atoms with E-state index >= 15 is 0 Å². The zero-order chi connectivity index (χ0) is 26.2. The highest BCUT2D eigenvalue weighted by Crippen LogP contribution is 2.40. The molecule has 0 bridgehead atoms. The number of hydrogen-bond donors (Lipinski definition) is 1. The van der Waals surface area contributed by atoms with Gasteiger partial charge in [0.25, 0.3) is 6.47 Å². The van der Waals surface area contributed by atoms with Crippen LogP contribution in [0.2, 0.25) is 0 Å². The van der Waals surface area contributed by atoms with Crippen molar-refractivity contribution < 1.29 is 43.2 Å². The molecule has 210 valence electrons. The van der Waals surface area contributed by atoms with Crippen molar-refractivity contribution in [2.75, 3.05) is 13.2 Å². The average molecular weight is 525 g/mol. The van der Waals surface area contributed by atoms with Crippen molar-refractivity contribution in [1.29, 1.82) is 0 Å². The topological polar surface area (TPSA) is 127 Å². The molecule has 0 radical (unpaired) electrons. The quantitative estimate of drug-likeness (QED) is 0.206. The van der Waals surface area contributed by atoms with Crippen LogP contribution in [0.1, 0.15) is 90.4 Å². The minimum absolute atomic E-state index is 0.154. The van der Waals surface area contributed by atoms with Crippen LogP contribution in [0.25, 0.3) is 0 Å². The van der Waals surface area contributed by atoms with E-state index in [4.69, 9.17) is 33.6 Å². The molecule has 0 aromatic heterocycles. The first kappa shape index (κ1) is 28.3. The number of ether oxygens (including phenoxy) is 5. The summed E-state index contributed by atoms with van der Waals surface area (Å²) in [7, 11) is 0. The number of hydrogen-bond acceptors (Lipinski definition) is 8. The van der Waals surface area contributed by atoms with E-state index in [-0.39, 0.29) is 18.4 Å². The lowest BCUT2D eigenvalue weighted by Gasteiger charge is -2.18. The predicted octanol–water partition coefficient (Wildman–Crippen LogP) is 4.04. The van der Waals surface area contributed by atoms with Crippen LogP contribution >= 0.6 is 0 Å². The van der Waals surface area contributed by atoms with E-state index in [1.165, 1.54) is 19.3 Å². The van der Waals surface area contributed by atoms with Crippen molar-refractivity contribution in [2.24, 2.45) is 17.8 Å². The molecule has 9 heteroatoms. The van der Waals surface area contributed by atoms with Gasteiger partial charge in [-0.25, -0.2) is 0 Å². The average Bonchev–Trinajstić information content (AvgIpc) is 3.77. The van der Waals surface area contributed by atoms with Crippen LogP contribution < -0.4 is 0 Å². The van der Waals surface area contributed by atoms with E-state index < -0.39 is 0 Å². The first-order valence-corrected chi connectivity index (χ1v) is 14.3. The summed E-state index contributed by atoms with van der Waals surface area (Å²) in [6, 6.07) is 0. The summed E-state index contributed by atoms with van der Waals surface area (Å²) in [4.78, 5) is 32.0. The third-order valence-electron chi connectivity index (χ3n) is 8.46. The van der Waals surface area contributed by atoms with Crippen LogP contribution in [0.4, 0.5) is 0 Å². The second-order valence-corrected chi connectivity index (χ2v) is 11.6. The van der Waals surface area contributed by atoms with Gasteiger partial charge in [0.15, 0.2) is 0 Å². The highest BCUT2D eigenvalue weighted by molar-refractivity contribution is 5.70. The molecule has 37 heavy (non-hydrogen) atoms. The molecule has 6 fully saturated rings. The molecule has 6 aliphatic rings. The van der Waals surface area contributed by atoms with Crippen LogP contribution in [0, 0.1) is 17.8 Å². The largest absolute Gasteiger partial charge is 0.483 e. The van der Waals surface area contributed by atoms with Crippen molar-refractivity contribution >= 4 is 18.4 Å². The molecular weight excluding hydrogens is 480 g/mol. The van der Waals surface area contributed by atoms with E-state index in [2.05, 4.69) is 6.92 Å². The van der Waals surface area contributed by atoms with Gasteiger partial charge in [0.1, 0.15) is 0 Å². The Morgan fingerprint density at radius 2 is 1.11 bits per heavy atom. The number of carbonyl (C=O) groups is 3. The second kappa shape index (κ2) is 13.9. The third-order valence-corrected chi connectivity index (χ3v) is 8.46. The van der Waals surface area contributed by atoms with Crippen LogP contribution in [-0.4, -0.2) is 73.4 Å². The summed E-state index contributed by atoms with van der Waals surface area (Å²) >= 11 is 0. The van der Waals surface area contributed by atoms with Gasteiger partial charge in [-0.1, -0.05) is 6.92 Å². The van der Waals surface area contributed by atoms with Gasteiger partial charge in [0.2, 0.25) is 0 Å². The fourth-order valence-electron chi connectivity index (χ4n) is 5.98. The monoisotopic (exact) mass is 524 g/mol. The smallest absolute Gasteiger partial charge is 0.305 e. The number of fused-ring (bicyclic) bond motifs is 3. The Labute approximate surface area is 219 Å². The molecule has 3 heterocycles. The lowest BCUT2D eigenvalue weighted by atomic mass is 9.90. The maximum Gasteiger partial charge on any atom is 0.305 e. The maximum atomic E-state index is 11.8. The Morgan fingerprint density at radius 1 is 0.703 bits per heavy atom. The molecule has 6 rings (SSSR count). The Kier molecular flexibility index (Phi) is 10.6. The molecule has 3 saturated carbocycles. The van der Waals surface area contributed by atoms with Crippen molar-refractivity contribution in [3.63, 3.8) is 0 Å². The molecule has 1 N–H and O–H groups in total. The summed E-state index contributed by atoms with van der Waals surface area (Å²) < 4.78 is 27.1. The first-order valence-electron chi connectivity index (χ1n) is 14.3. The highest BCUT2D eigenvalue weighted by Gasteiger charge is 2.45. The normalized spacial score (nSPS) is 37.9. The highest BCUT2D eigenvalue weighted by atomic mass is 16.6. The maximum absolute atomic E-state index is 11.8. The van der Waals surface area contributed by atoms with Gasteiger partial charge in [-0.05, 0) is 88.4 Å². The molecule has 9 atom stereocenters. The fourth-order valence-corrected chi connectivity index (χ4v) is 5.98. The predicted molar refractivity (Wildman–Crippen MR) is 133 cm³/mol. The number of carboxylic acid groups (broad SMARTS) is 1. The zero-order valence-electron chi connectivity index (χ0n) is 22.1. The van der Waals surface area contributed by atoms with Gasteiger partial charge in [0, 0.05) is 12.8 Å². The molecule has 0 amide bonds. The number of esters is 2. The number of unbranched alkanes of at least 4 members (excludes halogenated alkanes) is 1. The van der Waals surface area contributed by atoms with Gasteiger partial charge in [0.05, 0.1) is 49.8 Å². The van der Waals surface area contributed by atoms with Crippen molar-refractivity contribution in [3.05, 3.63) is 0 Å². The number of epoxide rings is 3. The Bertz CT molecular complexity index is 712. The van der Waals surface area contributed by atoms with E-state index in [9.17, 15) is 9.59 Å². The summed E-state index contributed by atoms with van der Waals surface area (Å²) in [6.45, 7) is 3.10. The molecule has 9 nitrogen and oxygen atoms in total. The fraction of sp³-hybridized carbons (Fsp3) is 0.893. The van der Waals surface area contributed by atoms with Crippen LogP contribution in [-0.2, 0) is 38.1 Å². The zero-order valence-corrected chi connectivity index (χ0v) is 22.1. The molecule has 3 aliphatic heterocycles. The molecular formula is C28H44O9. The summed E-state index contributed by atoms with van der Waals surface area (Å²) in [5.41, 5.74) is 0. The minimum Gasteiger partial charge on any atom is -0.483 e. The number of carbonyl (C=O) groups excluding carboxylic acids is 2. The van der Waals surface area contributed by atoms with Crippen molar-refractivity contribution in [1.82, 2.24) is 0 Å². The van der Waals surface area contributed by atoms with E-state index in [0.717, 1.165) is 44.4 Å². The minimum atomic E-state index is -0.250. The lowest BCUT2D eigenvalue weighted by molar-refractivity contribution is -0.147. The first-order chi connectivity index (χ1) is 17.9. The van der Waals surface area contributed by atoms with E-state index in [0.29, 0.717) is 87.4 Å². The Morgan fingerprint density at radius 3 is 1.49 bits per heavy atom. The van der Waals surface area contributed by atoms with E-state index in [1.54, 1.807) is 0 Å². The summed E-state index contributed by atoms with van der Waals surface area (Å²) in [5, 5.41) is 6.89. The SMILES string of the molecule is CC1CCC2OC2C1.O=C(CCCCC(=O)OCC1CCC2OC2C1)OCC1CCC2OC2C1.O=CO. The van der Waals surface area contributed by atoms with Gasteiger partial charge < -0.3 is 28.8 Å². The Hall–Kier alpha value is -1.71. The lowest BCUT2D eigenvalue weighted by Crippen LogP contribution is -2.20. The third kappa shape index (κ3) is 9.84. The van der Waals surface area contributed by atoms with E-state index in [1.807, 2.05) is 0 Å².